The van der Waals surface area contributed by atoms with Crippen LogP contribution in [0, 0.1) is 0 Å². The third kappa shape index (κ3) is 3.66. The number of hydrogen-bond donors (Lipinski definition) is 0. The minimum absolute atomic E-state index is 0.0246. The third-order valence-electron chi connectivity index (χ3n) is 6.21. The van der Waals surface area contributed by atoms with Gasteiger partial charge >= 0.3 is 0 Å². The topological polar surface area (TPSA) is 45.9 Å². The van der Waals surface area contributed by atoms with Crippen LogP contribution in [0.2, 0.25) is 0 Å². The van der Waals surface area contributed by atoms with Crippen molar-refractivity contribution < 1.29 is 13.9 Å². The van der Waals surface area contributed by atoms with E-state index in [0.29, 0.717) is 13.2 Å². The Morgan fingerprint density at radius 2 is 1.96 bits per heavy atom. The Bertz CT molecular complexity index is 736. The summed E-state index contributed by atoms with van der Waals surface area (Å²) in [6, 6.07) is 12.3. The van der Waals surface area contributed by atoms with Crippen LogP contribution in [0.25, 0.3) is 0 Å². The molecule has 2 aromatic rings. The highest BCUT2D eigenvalue weighted by Gasteiger charge is 2.51. The number of ether oxygens (including phenoxy) is 1. The number of likely N-dealkylation sites (tertiary alicyclic amines) is 2. The van der Waals surface area contributed by atoms with E-state index < -0.39 is 0 Å². The highest BCUT2D eigenvalue weighted by atomic mass is 16.5. The molecule has 0 N–H and O–H groups in total. The van der Waals surface area contributed by atoms with Gasteiger partial charge in [-0.3, -0.25) is 9.69 Å². The van der Waals surface area contributed by atoms with E-state index >= 15 is 0 Å². The zero-order chi connectivity index (χ0) is 18.7. The summed E-state index contributed by atoms with van der Waals surface area (Å²) in [7, 11) is 1.70. The summed E-state index contributed by atoms with van der Waals surface area (Å²) in [6.45, 7) is 4.20. The molecule has 0 aliphatic carbocycles. The summed E-state index contributed by atoms with van der Waals surface area (Å²) < 4.78 is 10.5. The number of methoxy groups -OCH3 is 1. The van der Waals surface area contributed by atoms with Crippen LogP contribution in [0.1, 0.15) is 36.3 Å². The van der Waals surface area contributed by atoms with Gasteiger partial charge in [-0.1, -0.05) is 30.3 Å². The Morgan fingerprint density at radius 1 is 1.19 bits per heavy atom. The predicted molar refractivity (Wildman–Crippen MR) is 103 cm³/mol. The maximum atomic E-state index is 13.3. The van der Waals surface area contributed by atoms with E-state index in [-0.39, 0.29) is 17.4 Å². The van der Waals surface area contributed by atoms with Gasteiger partial charge in [0.2, 0.25) is 5.91 Å². The maximum absolute atomic E-state index is 13.3. The van der Waals surface area contributed by atoms with E-state index in [2.05, 4.69) is 21.9 Å². The molecule has 5 heteroatoms. The molecular formula is C22H28N2O3. The lowest BCUT2D eigenvalue weighted by Gasteiger charge is -2.45. The van der Waals surface area contributed by atoms with Gasteiger partial charge in [0, 0.05) is 44.4 Å². The van der Waals surface area contributed by atoms with Gasteiger partial charge in [0.05, 0.1) is 25.1 Å². The van der Waals surface area contributed by atoms with E-state index in [9.17, 15) is 4.79 Å². The molecule has 1 aromatic heterocycles. The lowest BCUT2D eigenvalue weighted by Crippen LogP contribution is -2.53. The number of rotatable bonds is 6. The number of piperidine rings is 1. The number of furan rings is 1. The predicted octanol–water partition coefficient (Wildman–Crippen LogP) is 3.28. The van der Waals surface area contributed by atoms with Crippen LogP contribution in [0.15, 0.2) is 53.3 Å². The summed E-state index contributed by atoms with van der Waals surface area (Å²) in [4.78, 5) is 17.9. The number of hydrogen-bond acceptors (Lipinski definition) is 4. The fraction of sp³-hybridized carbons (Fsp3) is 0.500. The van der Waals surface area contributed by atoms with Gasteiger partial charge in [-0.15, -0.1) is 0 Å². The monoisotopic (exact) mass is 368 g/mol. The molecule has 2 fully saturated rings. The highest BCUT2D eigenvalue weighted by Crippen LogP contribution is 2.45. The summed E-state index contributed by atoms with van der Waals surface area (Å²) in [5, 5.41) is 0. The second-order valence-corrected chi connectivity index (χ2v) is 7.78. The molecule has 1 spiro atoms. The fourth-order valence-electron chi connectivity index (χ4n) is 4.72. The summed E-state index contributed by atoms with van der Waals surface area (Å²) in [6.07, 6.45) is 6.50. The first-order chi connectivity index (χ1) is 13.2. The smallest absolute Gasteiger partial charge is 0.230 e. The van der Waals surface area contributed by atoms with Gasteiger partial charge in [0.15, 0.2) is 0 Å². The van der Waals surface area contributed by atoms with Crippen molar-refractivity contribution in [3.63, 3.8) is 0 Å². The first kappa shape index (κ1) is 18.3. The van der Waals surface area contributed by atoms with Crippen LogP contribution in [0.4, 0.5) is 0 Å². The van der Waals surface area contributed by atoms with Gasteiger partial charge < -0.3 is 14.1 Å². The number of carbonyl (C=O) groups is 1. The van der Waals surface area contributed by atoms with Gasteiger partial charge in [-0.2, -0.15) is 0 Å². The molecule has 3 heterocycles. The molecular weight excluding hydrogens is 340 g/mol. The van der Waals surface area contributed by atoms with Crippen molar-refractivity contribution in [1.29, 1.82) is 0 Å². The Kier molecular flexibility index (Phi) is 5.32. The van der Waals surface area contributed by atoms with Crippen LogP contribution >= 0.6 is 0 Å². The zero-order valence-corrected chi connectivity index (χ0v) is 16.0. The molecule has 0 saturated carbocycles. The quantitative estimate of drug-likeness (QED) is 0.785. The molecule has 144 valence electrons. The maximum Gasteiger partial charge on any atom is 0.230 e. The molecule has 0 unspecified atom stereocenters. The summed E-state index contributed by atoms with van der Waals surface area (Å²) >= 11 is 0. The number of nitrogens with zero attached hydrogens (tertiary/aromatic N) is 2. The van der Waals surface area contributed by atoms with Crippen LogP contribution in [0.5, 0.6) is 0 Å². The minimum atomic E-state index is -0.0387. The lowest BCUT2D eigenvalue weighted by atomic mass is 9.81. The standard InChI is InChI=1S/C22H28N2O3/c1-26-14-12-24-21(25)20(19-5-3-2-4-6-19)15-22(24)8-10-23(11-9-22)16-18-7-13-27-17-18/h2-7,13,17,20H,8-12,14-16H2,1H3/t20-/m0/s1. The van der Waals surface area contributed by atoms with Crippen molar-refractivity contribution >= 4 is 5.91 Å². The van der Waals surface area contributed by atoms with Gasteiger partial charge in [0.25, 0.3) is 0 Å². The zero-order valence-electron chi connectivity index (χ0n) is 16.0. The van der Waals surface area contributed by atoms with Crippen molar-refractivity contribution in [3.8, 4) is 0 Å². The number of carbonyl (C=O) groups excluding carboxylic acids is 1. The van der Waals surface area contributed by atoms with E-state index in [4.69, 9.17) is 9.15 Å². The molecule has 27 heavy (non-hydrogen) atoms. The first-order valence-electron chi connectivity index (χ1n) is 9.81. The van der Waals surface area contributed by atoms with E-state index in [1.165, 1.54) is 5.56 Å². The van der Waals surface area contributed by atoms with Crippen LogP contribution in [-0.4, -0.2) is 54.6 Å². The van der Waals surface area contributed by atoms with Crippen LogP contribution in [0.3, 0.4) is 0 Å². The Hall–Kier alpha value is -2.11. The second-order valence-electron chi connectivity index (χ2n) is 7.78. The number of amides is 1. The fourth-order valence-corrected chi connectivity index (χ4v) is 4.72. The molecule has 0 radical (unpaired) electrons. The molecule has 1 aromatic carbocycles. The molecule has 4 rings (SSSR count). The Morgan fingerprint density at radius 3 is 2.63 bits per heavy atom. The third-order valence-corrected chi connectivity index (χ3v) is 6.21. The SMILES string of the molecule is COCCN1C(=O)[C@H](c2ccccc2)CC12CCN(Cc1ccoc1)CC2. The van der Waals surface area contributed by atoms with Crippen LogP contribution < -0.4 is 0 Å². The molecule has 2 aliphatic heterocycles. The summed E-state index contributed by atoms with van der Waals surface area (Å²) in [5.41, 5.74) is 2.32. The summed E-state index contributed by atoms with van der Waals surface area (Å²) in [5.74, 6) is 0.241. The van der Waals surface area contributed by atoms with Crippen molar-refractivity contribution in [2.45, 2.75) is 37.3 Å². The van der Waals surface area contributed by atoms with Crippen molar-refractivity contribution in [2.24, 2.45) is 0 Å². The molecule has 2 saturated heterocycles. The molecule has 5 nitrogen and oxygen atoms in total. The van der Waals surface area contributed by atoms with Crippen LogP contribution in [-0.2, 0) is 16.1 Å². The molecule has 1 amide bonds. The van der Waals surface area contributed by atoms with Crippen molar-refractivity contribution in [3.05, 3.63) is 60.1 Å². The van der Waals surface area contributed by atoms with E-state index in [0.717, 1.165) is 44.5 Å². The molecule has 1 atom stereocenters. The second kappa shape index (κ2) is 7.87. The molecule has 2 aliphatic rings. The normalized spacial score (nSPS) is 22.6. The minimum Gasteiger partial charge on any atom is -0.472 e. The van der Waals surface area contributed by atoms with Gasteiger partial charge in [-0.05, 0) is 30.9 Å². The van der Waals surface area contributed by atoms with Gasteiger partial charge in [-0.25, -0.2) is 0 Å². The van der Waals surface area contributed by atoms with E-state index in [1.807, 2.05) is 30.5 Å². The van der Waals surface area contributed by atoms with Gasteiger partial charge in [0.1, 0.15) is 0 Å². The number of benzene rings is 1. The van der Waals surface area contributed by atoms with E-state index in [1.54, 1.807) is 13.4 Å². The average molecular weight is 368 g/mol. The lowest BCUT2D eigenvalue weighted by molar-refractivity contribution is -0.134. The molecule has 0 bridgehead atoms. The highest BCUT2D eigenvalue weighted by molar-refractivity contribution is 5.87. The Labute approximate surface area is 160 Å². The van der Waals surface area contributed by atoms with Crippen molar-refractivity contribution in [1.82, 2.24) is 9.80 Å². The Balaban J connectivity index is 1.50. The van der Waals surface area contributed by atoms with Crippen molar-refractivity contribution in [2.75, 3.05) is 33.4 Å². The average Bonchev–Trinajstić information content (AvgIpc) is 3.30. The largest absolute Gasteiger partial charge is 0.472 e. The first-order valence-corrected chi connectivity index (χ1v) is 9.81.